The summed E-state index contributed by atoms with van der Waals surface area (Å²) in [6.07, 6.45) is 0. The Morgan fingerprint density at radius 2 is 2.10 bits per heavy atom. The Kier molecular flexibility index (Phi) is 4.21. The normalized spacial score (nSPS) is 9.90. The highest BCUT2D eigenvalue weighted by molar-refractivity contribution is 5.65. The Morgan fingerprint density at radius 1 is 1.30 bits per heavy atom. The van der Waals surface area contributed by atoms with Gasteiger partial charge in [0.15, 0.2) is 0 Å². The van der Waals surface area contributed by atoms with Crippen LogP contribution in [0.2, 0.25) is 0 Å². The molecule has 1 heterocycles. The number of hydrogen-bond donors (Lipinski definition) is 1. The summed E-state index contributed by atoms with van der Waals surface area (Å²) in [4.78, 5) is 4.40. The predicted octanol–water partition coefficient (Wildman–Crippen LogP) is 3.71. The van der Waals surface area contributed by atoms with Crippen molar-refractivity contribution in [2.75, 3.05) is 11.9 Å². The number of nitrogens with one attached hydrogen (secondary N) is 1. The number of anilines is 2. The maximum absolute atomic E-state index is 9.25. The average Bonchev–Trinajstić information content (AvgIpc) is 2.39. The van der Waals surface area contributed by atoms with Crippen molar-refractivity contribution < 1.29 is 4.74 Å². The number of ether oxygens (including phenoxy) is 1. The fourth-order valence-electron chi connectivity index (χ4n) is 2.04. The number of rotatable bonds is 4. The van der Waals surface area contributed by atoms with E-state index >= 15 is 0 Å². The van der Waals surface area contributed by atoms with Gasteiger partial charge in [0.1, 0.15) is 17.6 Å². The van der Waals surface area contributed by atoms with Crippen LogP contribution in [0.3, 0.4) is 0 Å². The second-order valence-electron chi connectivity index (χ2n) is 4.50. The lowest BCUT2D eigenvalue weighted by Crippen LogP contribution is -2.01. The van der Waals surface area contributed by atoms with E-state index < -0.39 is 0 Å². The van der Waals surface area contributed by atoms with Crippen molar-refractivity contribution in [3.63, 3.8) is 0 Å². The van der Waals surface area contributed by atoms with Gasteiger partial charge in [-0.25, -0.2) is 4.98 Å². The highest BCUT2D eigenvalue weighted by Crippen LogP contribution is 2.24. The third-order valence-electron chi connectivity index (χ3n) is 2.86. The fourth-order valence-corrected chi connectivity index (χ4v) is 2.04. The molecule has 0 saturated heterocycles. The molecule has 0 amide bonds. The van der Waals surface area contributed by atoms with Crippen molar-refractivity contribution in [2.45, 2.75) is 20.8 Å². The van der Waals surface area contributed by atoms with Gasteiger partial charge in [-0.15, -0.1) is 0 Å². The van der Waals surface area contributed by atoms with Gasteiger partial charge in [-0.3, -0.25) is 0 Å². The standard InChI is InChI=1S/C16H17N3O/c1-4-20-14-7-5-6-13(9-14)19-16-15(10-17)11(2)8-12(3)18-16/h5-9H,4H2,1-3H3,(H,18,19). The van der Waals surface area contributed by atoms with Gasteiger partial charge in [-0.2, -0.15) is 5.26 Å². The molecule has 0 aliphatic heterocycles. The molecule has 1 aromatic carbocycles. The molecule has 0 aliphatic carbocycles. The first kappa shape index (κ1) is 13.9. The highest BCUT2D eigenvalue weighted by Gasteiger charge is 2.09. The van der Waals surface area contributed by atoms with Crippen molar-refractivity contribution in [1.82, 2.24) is 4.98 Å². The zero-order valence-corrected chi connectivity index (χ0v) is 11.9. The molecule has 4 heteroatoms. The highest BCUT2D eigenvalue weighted by atomic mass is 16.5. The van der Waals surface area contributed by atoms with Crippen LogP contribution < -0.4 is 10.1 Å². The molecular formula is C16H17N3O. The van der Waals surface area contributed by atoms with Gasteiger partial charge in [-0.1, -0.05) is 6.07 Å². The summed E-state index contributed by atoms with van der Waals surface area (Å²) in [6.45, 7) is 6.39. The molecule has 1 aromatic heterocycles. The van der Waals surface area contributed by atoms with Crippen molar-refractivity contribution >= 4 is 11.5 Å². The van der Waals surface area contributed by atoms with Gasteiger partial charge >= 0.3 is 0 Å². The van der Waals surface area contributed by atoms with Crippen LogP contribution in [0.15, 0.2) is 30.3 Å². The smallest absolute Gasteiger partial charge is 0.148 e. The van der Waals surface area contributed by atoms with Crippen LogP contribution in [0, 0.1) is 25.2 Å². The summed E-state index contributed by atoms with van der Waals surface area (Å²) >= 11 is 0. The molecule has 0 atom stereocenters. The van der Waals surface area contributed by atoms with Gasteiger partial charge in [0, 0.05) is 17.4 Å². The van der Waals surface area contributed by atoms with Gasteiger partial charge < -0.3 is 10.1 Å². The van der Waals surface area contributed by atoms with E-state index in [1.807, 2.05) is 51.1 Å². The van der Waals surface area contributed by atoms with Crippen LogP contribution in [0.1, 0.15) is 23.7 Å². The van der Waals surface area contributed by atoms with Crippen LogP contribution in [-0.4, -0.2) is 11.6 Å². The molecule has 0 bridgehead atoms. The minimum absolute atomic E-state index is 0.567. The molecule has 20 heavy (non-hydrogen) atoms. The second-order valence-corrected chi connectivity index (χ2v) is 4.50. The molecular weight excluding hydrogens is 250 g/mol. The quantitative estimate of drug-likeness (QED) is 0.917. The lowest BCUT2D eigenvalue weighted by molar-refractivity contribution is 0.340. The molecule has 2 rings (SSSR count). The topological polar surface area (TPSA) is 57.9 Å². The Labute approximate surface area is 119 Å². The molecule has 0 aliphatic rings. The number of nitriles is 1. The third kappa shape index (κ3) is 3.07. The van der Waals surface area contributed by atoms with Crippen LogP contribution in [-0.2, 0) is 0 Å². The molecule has 102 valence electrons. The van der Waals surface area contributed by atoms with Crippen LogP contribution in [0.5, 0.6) is 5.75 Å². The van der Waals surface area contributed by atoms with Crippen molar-refractivity contribution in [3.8, 4) is 11.8 Å². The number of benzene rings is 1. The van der Waals surface area contributed by atoms with Gasteiger partial charge in [0.25, 0.3) is 0 Å². The van der Waals surface area contributed by atoms with Gasteiger partial charge in [0.2, 0.25) is 0 Å². The molecule has 1 N–H and O–H groups in total. The number of aryl methyl sites for hydroxylation is 2. The zero-order chi connectivity index (χ0) is 14.5. The SMILES string of the molecule is CCOc1cccc(Nc2nc(C)cc(C)c2C#N)c1. The van der Waals surface area contributed by atoms with E-state index in [9.17, 15) is 5.26 Å². The maximum Gasteiger partial charge on any atom is 0.148 e. The monoisotopic (exact) mass is 267 g/mol. The Bertz CT molecular complexity index is 659. The lowest BCUT2D eigenvalue weighted by atomic mass is 10.1. The minimum atomic E-state index is 0.567. The Balaban J connectivity index is 2.35. The van der Waals surface area contributed by atoms with Crippen molar-refractivity contribution in [1.29, 1.82) is 5.26 Å². The molecule has 0 spiro atoms. The van der Waals surface area contributed by atoms with E-state index in [-0.39, 0.29) is 0 Å². The summed E-state index contributed by atoms with van der Waals surface area (Å²) in [5, 5.41) is 12.4. The van der Waals surface area contributed by atoms with Crippen LogP contribution in [0.4, 0.5) is 11.5 Å². The van der Waals surface area contributed by atoms with E-state index in [1.54, 1.807) is 0 Å². The molecule has 0 fully saturated rings. The van der Waals surface area contributed by atoms with E-state index in [0.29, 0.717) is 18.0 Å². The molecule has 2 aromatic rings. The zero-order valence-electron chi connectivity index (χ0n) is 11.9. The van der Waals surface area contributed by atoms with E-state index in [2.05, 4.69) is 16.4 Å². The predicted molar refractivity (Wildman–Crippen MR) is 79.3 cm³/mol. The van der Waals surface area contributed by atoms with Gasteiger partial charge in [-0.05, 0) is 44.5 Å². The summed E-state index contributed by atoms with van der Waals surface area (Å²) in [5.41, 5.74) is 3.22. The third-order valence-corrected chi connectivity index (χ3v) is 2.86. The molecule has 0 radical (unpaired) electrons. The van der Waals surface area contributed by atoms with E-state index in [1.165, 1.54) is 0 Å². The first-order valence-corrected chi connectivity index (χ1v) is 6.52. The molecule has 0 unspecified atom stereocenters. The molecule has 0 saturated carbocycles. The summed E-state index contributed by atoms with van der Waals surface area (Å²) < 4.78 is 5.46. The lowest BCUT2D eigenvalue weighted by Gasteiger charge is -2.11. The molecule has 4 nitrogen and oxygen atoms in total. The first-order chi connectivity index (χ1) is 9.63. The second kappa shape index (κ2) is 6.07. The number of aromatic nitrogens is 1. The summed E-state index contributed by atoms with van der Waals surface area (Å²) in [6, 6.07) is 11.7. The average molecular weight is 267 g/mol. The van der Waals surface area contributed by atoms with Gasteiger partial charge in [0.05, 0.1) is 12.2 Å². The maximum atomic E-state index is 9.25. The van der Waals surface area contributed by atoms with E-state index in [0.717, 1.165) is 22.7 Å². The van der Waals surface area contributed by atoms with Crippen molar-refractivity contribution in [3.05, 3.63) is 47.2 Å². The minimum Gasteiger partial charge on any atom is -0.494 e. The summed E-state index contributed by atoms with van der Waals surface area (Å²) in [7, 11) is 0. The fraction of sp³-hybridized carbons (Fsp3) is 0.250. The number of pyridine rings is 1. The van der Waals surface area contributed by atoms with Crippen molar-refractivity contribution in [2.24, 2.45) is 0 Å². The first-order valence-electron chi connectivity index (χ1n) is 6.52. The summed E-state index contributed by atoms with van der Waals surface area (Å²) in [5.74, 6) is 1.37. The van der Waals surface area contributed by atoms with Crippen LogP contribution >= 0.6 is 0 Å². The largest absolute Gasteiger partial charge is 0.494 e. The number of nitrogens with zero attached hydrogens (tertiary/aromatic N) is 2. The Morgan fingerprint density at radius 3 is 2.80 bits per heavy atom. The van der Waals surface area contributed by atoms with E-state index in [4.69, 9.17) is 4.74 Å². The number of hydrogen-bond acceptors (Lipinski definition) is 4. The Hall–Kier alpha value is -2.54. The van der Waals surface area contributed by atoms with Crippen LogP contribution in [0.25, 0.3) is 0 Å².